The zero-order chi connectivity index (χ0) is 13.1. The van der Waals surface area contributed by atoms with Crippen molar-refractivity contribution in [1.29, 1.82) is 0 Å². The molecule has 1 aromatic carbocycles. The molecule has 0 aliphatic rings. The molecule has 0 aliphatic heterocycles. The van der Waals surface area contributed by atoms with Crippen LogP contribution in [0.3, 0.4) is 0 Å². The van der Waals surface area contributed by atoms with Crippen molar-refractivity contribution in [2.75, 3.05) is 0 Å². The fourth-order valence-electron chi connectivity index (χ4n) is 1.54. The molecular formula is C13H9FN2OS2. The lowest BCUT2D eigenvalue weighted by atomic mass is 10.2. The van der Waals surface area contributed by atoms with Crippen molar-refractivity contribution in [3.05, 3.63) is 53.2 Å². The van der Waals surface area contributed by atoms with Gasteiger partial charge < -0.3 is 4.42 Å². The fourth-order valence-corrected chi connectivity index (χ4v) is 2.89. The van der Waals surface area contributed by atoms with E-state index in [1.54, 1.807) is 17.4 Å². The van der Waals surface area contributed by atoms with E-state index in [2.05, 4.69) is 10.2 Å². The van der Waals surface area contributed by atoms with E-state index in [-0.39, 0.29) is 5.82 Å². The number of hydrogen-bond donors (Lipinski definition) is 0. The third kappa shape index (κ3) is 3.02. The Labute approximate surface area is 117 Å². The van der Waals surface area contributed by atoms with Gasteiger partial charge in [-0.2, -0.15) is 0 Å². The second-order valence-electron chi connectivity index (χ2n) is 3.77. The maximum absolute atomic E-state index is 13.0. The summed E-state index contributed by atoms with van der Waals surface area (Å²) in [5.41, 5.74) is 0.890. The summed E-state index contributed by atoms with van der Waals surface area (Å²) >= 11 is 2.95. The molecule has 0 N–H and O–H groups in total. The molecule has 2 aromatic heterocycles. The highest BCUT2D eigenvalue weighted by atomic mass is 32.2. The summed E-state index contributed by atoms with van der Waals surface area (Å²) in [7, 11) is 0. The molecule has 0 fully saturated rings. The molecule has 0 saturated heterocycles. The maximum atomic E-state index is 13.0. The molecule has 6 heteroatoms. The lowest BCUT2D eigenvalue weighted by Gasteiger charge is -1.97. The number of aromatic nitrogens is 2. The first-order chi connectivity index (χ1) is 9.31. The van der Waals surface area contributed by atoms with E-state index in [0.29, 0.717) is 16.9 Å². The second-order valence-corrected chi connectivity index (χ2v) is 5.64. The highest BCUT2D eigenvalue weighted by Gasteiger charge is 2.09. The van der Waals surface area contributed by atoms with Crippen LogP contribution in [-0.2, 0) is 5.75 Å². The maximum Gasteiger partial charge on any atom is 0.277 e. The summed E-state index contributed by atoms with van der Waals surface area (Å²) in [5.74, 6) is 0.892. The first kappa shape index (κ1) is 12.4. The average molecular weight is 292 g/mol. The van der Waals surface area contributed by atoms with Gasteiger partial charge in [0.05, 0.1) is 4.88 Å². The van der Waals surface area contributed by atoms with Crippen LogP contribution in [0.1, 0.15) is 5.56 Å². The SMILES string of the molecule is Fc1cccc(CSc2nnc(-c3cccs3)o2)c1. The van der Waals surface area contributed by atoms with Crippen LogP contribution in [0.25, 0.3) is 10.8 Å². The largest absolute Gasteiger partial charge is 0.410 e. The lowest BCUT2D eigenvalue weighted by Crippen LogP contribution is -1.82. The average Bonchev–Trinajstić information content (AvgIpc) is 3.07. The molecule has 0 aliphatic carbocycles. The van der Waals surface area contributed by atoms with Crippen LogP contribution in [0.5, 0.6) is 0 Å². The summed E-state index contributed by atoms with van der Waals surface area (Å²) in [6, 6.07) is 10.4. The molecule has 0 amide bonds. The Morgan fingerprint density at radius 2 is 2.16 bits per heavy atom. The molecule has 3 rings (SSSR count). The van der Waals surface area contributed by atoms with Crippen LogP contribution >= 0.6 is 23.1 Å². The summed E-state index contributed by atoms with van der Waals surface area (Å²) in [4.78, 5) is 0.949. The first-order valence-electron chi connectivity index (χ1n) is 5.56. The summed E-state index contributed by atoms with van der Waals surface area (Å²) in [5, 5.41) is 10.4. The van der Waals surface area contributed by atoms with E-state index in [9.17, 15) is 4.39 Å². The number of thiophene rings is 1. The van der Waals surface area contributed by atoms with E-state index in [0.717, 1.165) is 10.4 Å². The quantitative estimate of drug-likeness (QED) is 0.675. The highest BCUT2D eigenvalue weighted by molar-refractivity contribution is 7.98. The van der Waals surface area contributed by atoms with Gasteiger partial charge >= 0.3 is 0 Å². The third-order valence-electron chi connectivity index (χ3n) is 2.39. The number of nitrogens with zero attached hydrogens (tertiary/aromatic N) is 2. The summed E-state index contributed by atoms with van der Waals surface area (Å²) in [6.45, 7) is 0. The van der Waals surface area contributed by atoms with E-state index in [1.165, 1.54) is 23.9 Å². The Kier molecular flexibility index (Phi) is 3.61. The molecule has 0 radical (unpaired) electrons. The molecule has 0 bridgehead atoms. The van der Waals surface area contributed by atoms with Gasteiger partial charge in [-0.1, -0.05) is 30.0 Å². The monoisotopic (exact) mass is 292 g/mol. The van der Waals surface area contributed by atoms with Gasteiger partial charge in [0.25, 0.3) is 11.1 Å². The molecule has 2 heterocycles. The second kappa shape index (κ2) is 5.54. The minimum absolute atomic E-state index is 0.233. The Hall–Kier alpha value is -1.66. The van der Waals surface area contributed by atoms with E-state index in [4.69, 9.17) is 4.42 Å². The first-order valence-corrected chi connectivity index (χ1v) is 7.42. The van der Waals surface area contributed by atoms with Gasteiger partial charge in [0.2, 0.25) is 0 Å². The molecular weight excluding hydrogens is 283 g/mol. The van der Waals surface area contributed by atoms with Gasteiger partial charge in [0.15, 0.2) is 0 Å². The topological polar surface area (TPSA) is 38.9 Å². The molecule has 0 spiro atoms. The Morgan fingerprint density at radius 1 is 1.21 bits per heavy atom. The molecule has 0 unspecified atom stereocenters. The zero-order valence-corrected chi connectivity index (χ0v) is 11.4. The van der Waals surface area contributed by atoms with Crippen molar-refractivity contribution in [2.45, 2.75) is 11.0 Å². The van der Waals surface area contributed by atoms with Crippen molar-refractivity contribution in [1.82, 2.24) is 10.2 Å². The van der Waals surface area contributed by atoms with Crippen molar-refractivity contribution < 1.29 is 8.81 Å². The predicted molar refractivity (Wildman–Crippen MR) is 73.6 cm³/mol. The third-order valence-corrected chi connectivity index (χ3v) is 4.14. The number of halogens is 1. The van der Waals surface area contributed by atoms with Gasteiger partial charge in [-0.25, -0.2) is 4.39 Å². The lowest BCUT2D eigenvalue weighted by molar-refractivity contribution is 0.466. The van der Waals surface area contributed by atoms with Gasteiger partial charge in [0.1, 0.15) is 5.82 Å². The Morgan fingerprint density at radius 3 is 2.95 bits per heavy atom. The number of hydrogen-bond acceptors (Lipinski definition) is 5. The van der Waals surface area contributed by atoms with E-state index in [1.807, 2.05) is 23.6 Å². The number of thioether (sulfide) groups is 1. The zero-order valence-electron chi connectivity index (χ0n) is 9.75. The predicted octanol–water partition coefficient (Wildman–Crippen LogP) is 4.23. The van der Waals surface area contributed by atoms with Crippen molar-refractivity contribution in [3.8, 4) is 10.8 Å². The van der Waals surface area contributed by atoms with E-state index < -0.39 is 0 Å². The minimum Gasteiger partial charge on any atom is -0.410 e. The normalized spacial score (nSPS) is 10.8. The fraction of sp³-hybridized carbons (Fsp3) is 0.0769. The molecule has 3 aromatic rings. The van der Waals surface area contributed by atoms with Crippen molar-refractivity contribution in [3.63, 3.8) is 0 Å². The van der Waals surface area contributed by atoms with Crippen molar-refractivity contribution >= 4 is 23.1 Å². The molecule has 0 saturated carbocycles. The van der Waals surface area contributed by atoms with Crippen LogP contribution in [0.15, 0.2) is 51.4 Å². The number of benzene rings is 1. The summed E-state index contributed by atoms with van der Waals surface area (Å²) in [6.07, 6.45) is 0. The molecule has 0 atom stereocenters. The van der Waals surface area contributed by atoms with Crippen LogP contribution in [0.2, 0.25) is 0 Å². The number of rotatable bonds is 4. The van der Waals surface area contributed by atoms with Crippen LogP contribution in [-0.4, -0.2) is 10.2 Å². The van der Waals surface area contributed by atoms with Crippen LogP contribution < -0.4 is 0 Å². The van der Waals surface area contributed by atoms with Crippen molar-refractivity contribution in [2.24, 2.45) is 0 Å². The molecule has 19 heavy (non-hydrogen) atoms. The summed E-state index contributed by atoms with van der Waals surface area (Å²) < 4.78 is 18.6. The standard InChI is InChI=1S/C13H9FN2OS2/c14-10-4-1-3-9(7-10)8-19-13-16-15-12(17-13)11-5-2-6-18-11/h1-7H,8H2. The highest BCUT2D eigenvalue weighted by Crippen LogP contribution is 2.28. The molecule has 3 nitrogen and oxygen atoms in total. The van der Waals surface area contributed by atoms with Crippen LogP contribution in [0, 0.1) is 5.82 Å². The smallest absolute Gasteiger partial charge is 0.277 e. The molecule has 96 valence electrons. The Balaban J connectivity index is 1.68. The Bertz CT molecular complexity index is 667. The minimum atomic E-state index is -0.233. The van der Waals surface area contributed by atoms with Crippen LogP contribution in [0.4, 0.5) is 4.39 Å². The van der Waals surface area contributed by atoms with E-state index >= 15 is 0 Å². The van der Waals surface area contributed by atoms with Gasteiger partial charge in [0, 0.05) is 5.75 Å². The van der Waals surface area contributed by atoms with Gasteiger partial charge in [-0.15, -0.1) is 21.5 Å². The van der Waals surface area contributed by atoms with Gasteiger partial charge in [-0.05, 0) is 29.1 Å². The van der Waals surface area contributed by atoms with Gasteiger partial charge in [-0.3, -0.25) is 0 Å².